The first kappa shape index (κ1) is 20.2. The molecular weight excluding hydrogens is 406 g/mol. The fourth-order valence-electron chi connectivity index (χ4n) is 2.62. The molecule has 9 heteroatoms. The first-order valence-electron chi connectivity index (χ1n) is 8.17. The van der Waals surface area contributed by atoms with E-state index < -0.39 is 23.5 Å². The number of nitrogens with zero attached hydrogens (tertiary/aromatic N) is 2. The highest BCUT2D eigenvalue weighted by molar-refractivity contribution is 7.98. The Bertz CT molecular complexity index is 1100. The summed E-state index contributed by atoms with van der Waals surface area (Å²) in [5, 5.41) is 0. The standard InChI is InChI=1S/C19H16F2N2O3S2/c1-26-17(25)10-23-18-14(21)8-12(20)9-15(18)28-19(23)22-16(24)7-11-3-5-13(27-2)6-4-11/h3-6,8-9H,7,10H2,1-2H3. The van der Waals surface area contributed by atoms with Gasteiger partial charge in [-0.25, -0.2) is 8.78 Å². The molecule has 0 spiro atoms. The number of thioether (sulfide) groups is 1. The fraction of sp³-hybridized carbons (Fsp3) is 0.211. The number of ether oxygens (including phenoxy) is 1. The zero-order valence-corrected chi connectivity index (χ0v) is 16.7. The third-order valence-corrected chi connectivity index (χ3v) is 5.71. The summed E-state index contributed by atoms with van der Waals surface area (Å²) < 4.78 is 34.0. The number of hydrogen-bond acceptors (Lipinski definition) is 5. The maximum Gasteiger partial charge on any atom is 0.325 e. The molecule has 5 nitrogen and oxygen atoms in total. The molecule has 0 unspecified atom stereocenters. The second kappa shape index (κ2) is 8.66. The minimum Gasteiger partial charge on any atom is -0.468 e. The highest BCUT2D eigenvalue weighted by Crippen LogP contribution is 2.22. The van der Waals surface area contributed by atoms with Crippen LogP contribution in [0.1, 0.15) is 5.56 Å². The van der Waals surface area contributed by atoms with E-state index in [0.29, 0.717) is 0 Å². The van der Waals surface area contributed by atoms with Crippen molar-refractivity contribution >= 4 is 45.2 Å². The molecule has 0 saturated carbocycles. The molecule has 3 aromatic rings. The Morgan fingerprint density at radius 2 is 1.93 bits per heavy atom. The van der Waals surface area contributed by atoms with Crippen molar-refractivity contribution in [1.82, 2.24) is 4.57 Å². The normalized spacial score (nSPS) is 11.8. The average Bonchev–Trinajstić information content (AvgIpc) is 2.98. The van der Waals surface area contributed by atoms with E-state index in [1.54, 1.807) is 11.8 Å². The molecule has 1 amide bonds. The van der Waals surface area contributed by atoms with Crippen LogP contribution < -0.4 is 4.80 Å². The van der Waals surface area contributed by atoms with E-state index in [1.807, 2.05) is 30.5 Å². The lowest BCUT2D eigenvalue weighted by Gasteiger charge is -2.04. The van der Waals surface area contributed by atoms with Crippen molar-refractivity contribution in [2.75, 3.05) is 13.4 Å². The quantitative estimate of drug-likeness (QED) is 0.466. The zero-order chi connectivity index (χ0) is 20.3. The molecule has 1 heterocycles. The van der Waals surface area contributed by atoms with Crippen LogP contribution in [0.2, 0.25) is 0 Å². The van der Waals surface area contributed by atoms with Gasteiger partial charge in [0.2, 0.25) is 0 Å². The summed E-state index contributed by atoms with van der Waals surface area (Å²) in [6, 6.07) is 9.34. The molecule has 0 saturated heterocycles. The van der Waals surface area contributed by atoms with Gasteiger partial charge in [-0.15, -0.1) is 11.8 Å². The van der Waals surface area contributed by atoms with Crippen LogP contribution in [0.25, 0.3) is 10.2 Å². The maximum atomic E-state index is 14.3. The van der Waals surface area contributed by atoms with Crippen LogP contribution in [-0.2, 0) is 27.3 Å². The molecule has 146 valence electrons. The van der Waals surface area contributed by atoms with E-state index in [9.17, 15) is 18.4 Å². The summed E-state index contributed by atoms with van der Waals surface area (Å²) in [6.45, 7) is -0.340. The van der Waals surface area contributed by atoms with Gasteiger partial charge in [0.15, 0.2) is 10.6 Å². The molecule has 1 aromatic heterocycles. The zero-order valence-electron chi connectivity index (χ0n) is 15.1. The summed E-state index contributed by atoms with van der Waals surface area (Å²) in [7, 11) is 1.20. The lowest BCUT2D eigenvalue weighted by Crippen LogP contribution is -2.23. The van der Waals surface area contributed by atoms with Crippen LogP contribution in [0.15, 0.2) is 46.3 Å². The van der Waals surface area contributed by atoms with E-state index in [1.165, 1.54) is 11.7 Å². The molecule has 3 rings (SSSR count). The second-order valence-corrected chi connectivity index (χ2v) is 7.70. The average molecular weight is 422 g/mol. The molecule has 2 aromatic carbocycles. The molecule has 0 aliphatic rings. The highest BCUT2D eigenvalue weighted by atomic mass is 32.2. The van der Waals surface area contributed by atoms with Gasteiger partial charge in [0.05, 0.1) is 23.7 Å². The minimum absolute atomic E-state index is 0.00711. The molecule has 0 fully saturated rings. The van der Waals surface area contributed by atoms with Gasteiger partial charge in [-0.2, -0.15) is 4.99 Å². The highest BCUT2D eigenvalue weighted by Gasteiger charge is 2.16. The number of amides is 1. The molecule has 0 atom stereocenters. The topological polar surface area (TPSA) is 60.7 Å². The maximum absolute atomic E-state index is 14.3. The molecule has 28 heavy (non-hydrogen) atoms. The number of hydrogen-bond donors (Lipinski definition) is 0. The van der Waals surface area contributed by atoms with Gasteiger partial charge >= 0.3 is 5.97 Å². The van der Waals surface area contributed by atoms with E-state index >= 15 is 0 Å². The van der Waals surface area contributed by atoms with Crippen LogP contribution >= 0.6 is 23.1 Å². The van der Waals surface area contributed by atoms with E-state index in [2.05, 4.69) is 9.73 Å². The number of aromatic nitrogens is 1. The number of fused-ring (bicyclic) bond motifs is 1. The van der Waals surface area contributed by atoms with Gasteiger partial charge in [0.25, 0.3) is 5.91 Å². The predicted molar refractivity (Wildman–Crippen MR) is 104 cm³/mol. The Hall–Kier alpha value is -2.52. The van der Waals surface area contributed by atoms with Crippen LogP contribution in [0.4, 0.5) is 8.78 Å². The van der Waals surface area contributed by atoms with Crippen LogP contribution in [-0.4, -0.2) is 29.8 Å². The lowest BCUT2D eigenvalue weighted by molar-refractivity contribution is -0.141. The van der Waals surface area contributed by atoms with Crippen LogP contribution in [0.5, 0.6) is 0 Å². The van der Waals surface area contributed by atoms with Crippen molar-refractivity contribution in [2.45, 2.75) is 17.9 Å². The summed E-state index contributed by atoms with van der Waals surface area (Å²) in [6.07, 6.45) is 2.01. The second-order valence-electron chi connectivity index (χ2n) is 5.81. The van der Waals surface area contributed by atoms with E-state index in [0.717, 1.165) is 33.9 Å². The molecule has 0 radical (unpaired) electrons. The van der Waals surface area contributed by atoms with Gasteiger partial charge in [-0.05, 0) is 30.0 Å². The monoisotopic (exact) mass is 422 g/mol. The Morgan fingerprint density at radius 1 is 1.21 bits per heavy atom. The number of benzene rings is 2. The van der Waals surface area contributed by atoms with Crippen molar-refractivity contribution < 1.29 is 23.1 Å². The van der Waals surface area contributed by atoms with E-state index in [4.69, 9.17) is 0 Å². The number of halogens is 2. The fourth-order valence-corrected chi connectivity index (χ4v) is 4.11. The SMILES string of the molecule is COC(=O)Cn1c(=NC(=O)Cc2ccc(SC)cc2)sc2cc(F)cc(F)c21. The van der Waals surface area contributed by atoms with Gasteiger partial charge < -0.3 is 9.30 Å². The number of carbonyl (C=O) groups is 2. The number of rotatable bonds is 5. The van der Waals surface area contributed by atoms with Gasteiger partial charge in [0, 0.05) is 11.0 Å². The number of esters is 1. The van der Waals surface area contributed by atoms with Crippen LogP contribution in [0, 0.1) is 11.6 Å². The van der Waals surface area contributed by atoms with Crippen LogP contribution in [0.3, 0.4) is 0 Å². The summed E-state index contributed by atoms with van der Waals surface area (Å²) in [5.74, 6) is -2.67. The summed E-state index contributed by atoms with van der Waals surface area (Å²) in [4.78, 5) is 29.4. The molecule has 0 aliphatic heterocycles. The van der Waals surface area contributed by atoms with Crippen molar-refractivity contribution in [3.05, 3.63) is 58.4 Å². The number of methoxy groups -OCH3 is 1. The smallest absolute Gasteiger partial charge is 0.325 e. The number of thiazole rings is 1. The molecule has 0 bridgehead atoms. The van der Waals surface area contributed by atoms with Crippen molar-refractivity contribution in [3.8, 4) is 0 Å². The predicted octanol–water partition coefficient (Wildman–Crippen LogP) is 3.55. The number of carbonyl (C=O) groups excluding carboxylic acids is 2. The van der Waals surface area contributed by atoms with Crippen molar-refractivity contribution in [3.63, 3.8) is 0 Å². The minimum atomic E-state index is -0.836. The van der Waals surface area contributed by atoms with Gasteiger partial charge in [-0.1, -0.05) is 23.5 Å². The molecule has 0 N–H and O–H groups in total. The third-order valence-electron chi connectivity index (χ3n) is 3.94. The largest absolute Gasteiger partial charge is 0.468 e. The van der Waals surface area contributed by atoms with Crippen molar-refractivity contribution in [2.24, 2.45) is 4.99 Å². The molecule has 0 aliphatic carbocycles. The Morgan fingerprint density at radius 3 is 2.57 bits per heavy atom. The van der Waals surface area contributed by atoms with Gasteiger partial charge in [-0.3, -0.25) is 9.59 Å². The summed E-state index contributed by atoms with van der Waals surface area (Å²) in [5.41, 5.74) is 0.789. The first-order chi connectivity index (χ1) is 13.4. The Kier molecular flexibility index (Phi) is 6.25. The Labute approximate surface area is 167 Å². The van der Waals surface area contributed by atoms with Gasteiger partial charge in [0.1, 0.15) is 12.4 Å². The summed E-state index contributed by atoms with van der Waals surface area (Å²) >= 11 is 2.53. The third kappa shape index (κ3) is 4.48. The van der Waals surface area contributed by atoms with E-state index in [-0.39, 0.29) is 28.0 Å². The first-order valence-corrected chi connectivity index (χ1v) is 10.2. The Balaban J connectivity index is 2.01. The molecular formula is C19H16F2N2O3S2. The lowest BCUT2D eigenvalue weighted by atomic mass is 10.1. The van der Waals surface area contributed by atoms with Crippen molar-refractivity contribution in [1.29, 1.82) is 0 Å².